The standard InChI is InChI=1S/C25H42N4O11/c1-34-19-13(10-33)25(38-17(7-26)22(19)35-2)40-21-15(28)6-14(27)20(23(21)36-3)39-24-12(9-32)18(29)11(8-31)16(37-24)4-5-30/h5,8-25H,4,6-7,26-29H2,1-3H3/t11-,12+,13?,14-,15+,16?,17-,18?,19?,20+,21?,22-,23?,24-,25-/m1/s1. The molecule has 0 aromatic carbocycles. The van der Waals surface area contributed by atoms with Gasteiger partial charge in [-0.05, 0) is 6.42 Å². The quantitative estimate of drug-likeness (QED) is 0.157. The molecule has 6 unspecified atom stereocenters. The summed E-state index contributed by atoms with van der Waals surface area (Å²) < 4.78 is 41.2. The lowest BCUT2D eigenvalue weighted by Crippen LogP contribution is -2.67. The zero-order valence-corrected chi connectivity index (χ0v) is 22.9. The van der Waals surface area contributed by atoms with Crippen molar-refractivity contribution in [2.24, 2.45) is 40.7 Å². The van der Waals surface area contributed by atoms with E-state index in [1.54, 1.807) is 0 Å². The average molecular weight is 575 g/mol. The number of hydrogen-bond acceptors (Lipinski definition) is 15. The minimum atomic E-state index is -1.23. The molecule has 1 saturated carbocycles. The Morgan fingerprint density at radius 3 is 1.62 bits per heavy atom. The molecule has 0 spiro atoms. The summed E-state index contributed by atoms with van der Waals surface area (Å²) in [5, 5.41) is 0. The van der Waals surface area contributed by atoms with E-state index in [1.807, 2.05) is 0 Å². The molecule has 0 amide bonds. The van der Waals surface area contributed by atoms with Crippen LogP contribution in [0, 0.1) is 17.8 Å². The molecule has 0 bridgehead atoms. The fraction of sp³-hybridized carbons (Fsp3) is 0.840. The van der Waals surface area contributed by atoms with Crippen molar-refractivity contribution in [2.45, 2.75) is 86.3 Å². The lowest BCUT2D eigenvalue weighted by molar-refractivity contribution is -0.315. The second-order valence-electron chi connectivity index (χ2n) is 10.3. The van der Waals surface area contributed by atoms with Gasteiger partial charge in [-0.2, -0.15) is 0 Å². The van der Waals surface area contributed by atoms with Crippen molar-refractivity contribution in [1.29, 1.82) is 0 Å². The molecule has 2 heterocycles. The van der Waals surface area contributed by atoms with Crippen LogP contribution in [0.2, 0.25) is 0 Å². The molecular weight excluding hydrogens is 532 g/mol. The highest BCUT2D eigenvalue weighted by molar-refractivity contribution is 5.63. The van der Waals surface area contributed by atoms with Crippen molar-refractivity contribution in [3.05, 3.63) is 0 Å². The van der Waals surface area contributed by atoms with Crippen LogP contribution in [-0.4, -0.2) is 126 Å². The number of carbonyl (C=O) groups is 4. The van der Waals surface area contributed by atoms with E-state index in [0.717, 1.165) is 0 Å². The molecule has 15 heteroatoms. The van der Waals surface area contributed by atoms with Crippen LogP contribution in [0.4, 0.5) is 0 Å². The van der Waals surface area contributed by atoms with Crippen molar-refractivity contribution in [3.8, 4) is 0 Å². The van der Waals surface area contributed by atoms with Crippen molar-refractivity contribution in [3.63, 3.8) is 0 Å². The highest BCUT2D eigenvalue weighted by atomic mass is 16.7. The summed E-state index contributed by atoms with van der Waals surface area (Å²) in [6, 6.07) is -2.30. The zero-order valence-electron chi connectivity index (χ0n) is 22.9. The van der Waals surface area contributed by atoms with Crippen molar-refractivity contribution >= 4 is 25.1 Å². The molecule has 1 aliphatic carbocycles. The van der Waals surface area contributed by atoms with Gasteiger partial charge in [-0.3, -0.25) is 0 Å². The summed E-state index contributed by atoms with van der Waals surface area (Å²) in [5.74, 6) is -2.80. The van der Waals surface area contributed by atoms with E-state index in [4.69, 9.17) is 56.1 Å². The number of carbonyl (C=O) groups excluding carboxylic acids is 4. The Labute approximate surface area is 232 Å². The molecule has 3 fully saturated rings. The van der Waals surface area contributed by atoms with Gasteiger partial charge in [-0.25, -0.2) is 0 Å². The van der Waals surface area contributed by atoms with E-state index < -0.39 is 91.2 Å². The first-order chi connectivity index (χ1) is 19.2. The highest BCUT2D eigenvalue weighted by Crippen LogP contribution is 2.36. The number of ether oxygens (including phenoxy) is 7. The van der Waals surface area contributed by atoms with Crippen molar-refractivity contribution < 1.29 is 52.3 Å². The lowest BCUT2D eigenvalue weighted by Gasteiger charge is -2.49. The molecule has 0 aromatic heterocycles. The minimum Gasteiger partial charge on any atom is -0.378 e. The minimum absolute atomic E-state index is 0.0704. The second-order valence-corrected chi connectivity index (χ2v) is 10.3. The topological polar surface area (TPSA) is 237 Å². The Hall–Kier alpha value is -1.76. The van der Waals surface area contributed by atoms with Crippen LogP contribution in [-0.2, 0) is 52.3 Å². The Morgan fingerprint density at radius 2 is 1.18 bits per heavy atom. The second kappa shape index (κ2) is 14.9. The smallest absolute Gasteiger partial charge is 0.170 e. The predicted octanol–water partition coefficient (Wildman–Crippen LogP) is -3.37. The summed E-state index contributed by atoms with van der Waals surface area (Å²) in [5.41, 5.74) is 25.0. The third-order valence-electron chi connectivity index (χ3n) is 8.10. The Balaban J connectivity index is 1.86. The van der Waals surface area contributed by atoms with Gasteiger partial charge < -0.3 is 75.3 Å². The van der Waals surface area contributed by atoms with Crippen LogP contribution < -0.4 is 22.9 Å². The third kappa shape index (κ3) is 6.50. The van der Waals surface area contributed by atoms with Gasteiger partial charge in [-0.15, -0.1) is 0 Å². The molecule has 0 radical (unpaired) electrons. The van der Waals surface area contributed by atoms with E-state index >= 15 is 0 Å². The van der Waals surface area contributed by atoms with E-state index in [0.29, 0.717) is 25.1 Å². The highest BCUT2D eigenvalue weighted by Gasteiger charge is 2.53. The van der Waals surface area contributed by atoms with Gasteiger partial charge >= 0.3 is 0 Å². The third-order valence-corrected chi connectivity index (χ3v) is 8.10. The molecule has 15 nitrogen and oxygen atoms in total. The number of nitrogens with two attached hydrogens (primary N) is 4. The van der Waals surface area contributed by atoms with E-state index in [1.165, 1.54) is 21.3 Å². The van der Waals surface area contributed by atoms with Gasteiger partial charge in [-0.1, -0.05) is 0 Å². The van der Waals surface area contributed by atoms with Gasteiger partial charge in [0.15, 0.2) is 12.6 Å². The Bertz CT molecular complexity index is 854. The van der Waals surface area contributed by atoms with Crippen LogP contribution >= 0.6 is 0 Å². The molecule has 2 saturated heterocycles. The molecule has 228 valence electrons. The SMILES string of the molecule is COC1C(O[C@H]2O[C@H](CN)[C@@H](OC)C(OC)C2C=O)[C@@H](N)C[C@@H](N)[C@@H]1O[C@H]1OC(CC=O)[C@@H](C=O)C(N)[C@@H]1C=O. The maximum absolute atomic E-state index is 12.1. The largest absolute Gasteiger partial charge is 0.378 e. The van der Waals surface area contributed by atoms with Crippen molar-refractivity contribution in [1.82, 2.24) is 0 Å². The van der Waals surface area contributed by atoms with Crippen molar-refractivity contribution in [2.75, 3.05) is 27.9 Å². The van der Waals surface area contributed by atoms with Crippen LogP contribution in [0.25, 0.3) is 0 Å². The molecule has 40 heavy (non-hydrogen) atoms. The fourth-order valence-electron chi connectivity index (χ4n) is 5.95. The van der Waals surface area contributed by atoms with E-state index in [9.17, 15) is 19.2 Å². The number of rotatable bonds is 13. The molecule has 0 aromatic rings. The summed E-state index contributed by atoms with van der Waals surface area (Å²) in [6.07, 6.45) is -5.46. The monoisotopic (exact) mass is 574 g/mol. The molecular formula is C25H42N4O11. The molecule has 3 aliphatic rings. The fourth-order valence-corrected chi connectivity index (χ4v) is 5.95. The number of aldehydes is 4. The Kier molecular flexibility index (Phi) is 12.2. The predicted molar refractivity (Wildman–Crippen MR) is 136 cm³/mol. The van der Waals surface area contributed by atoms with Crippen LogP contribution in [0.3, 0.4) is 0 Å². The van der Waals surface area contributed by atoms with Crippen LogP contribution in [0.15, 0.2) is 0 Å². The summed E-state index contributed by atoms with van der Waals surface area (Å²) in [4.78, 5) is 47.0. The summed E-state index contributed by atoms with van der Waals surface area (Å²) >= 11 is 0. The first-order valence-electron chi connectivity index (χ1n) is 13.2. The van der Waals surface area contributed by atoms with Gasteiger partial charge in [0.2, 0.25) is 0 Å². The summed E-state index contributed by atoms with van der Waals surface area (Å²) in [6.45, 7) is 0.0704. The van der Waals surface area contributed by atoms with Gasteiger partial charge in [0.25, 0.3) is 0 Å². The van der Waals surface area contributed by atoms with Crippen LogP contribution in [0.5, 0.6) is 0 Å². The van der Waals surface area contributed by atoms with Crippen LogP contribution in [0.1, 0.15) is 12.8 Å². The first kappa shape index (κ1) is 32.8. The first-order valence-corrected chi connectivity index (χ1v) is 13.2. The maximum atomic E-state index is 12.1. The van der Waals surface area contributed by atoms with Gasteiger partial charge in [0.05, 0.1) is 23.9 Å². The molecule has 2 aliphatic heterocycles. The number of methoxy groups -OCH3 is 3. The molecule has 3 rings (SSSR count). The Morgan fingerprint density at radius 1 is 0.675 bits per heavy atom. The van der Waals surface area contributed by atoms with E-state index in [2.05, 4.69) is 0 Å². The average Bonchev–Trinajstić information content (AvgIpc) is 2.94. The maximum Gasteiger partial charge on any atom is 0.170 e. The van der Waals surface area contributed by atoms with E-state index in [-0.39, 0.29) is 19.4 Å². The summed E-state index contributed by atoms with van der Waals surface area (Å²) in [7, 11) is 4.32. The lowest BCUT2D eigenvalue weighted by atomic mass is 9.81. The van der Waals surface area contributed by atoms with Gasteiger partial charge in [0.1, 0.15) is 61.8 Å². The molecule has 15 atom stereocenters. The van der Waals surface area contributed by atoms with Gasteiger partial charge in [0, 0.05) is 52.4 Å². The zero-order chi connectivity index (χ0) is 29.6. The number of hydrogen-bond donors (Lipinski definition) is 4. The normalized spacial score (nSPS) is 45.9. The molecule has 8 N–H and O–H groups in total.